The van der Waals surface area contributed by atoms with Crippen LogP contribution in [-0.2, 0) is 14.3 Å². The van der Waals surface area contributed by atoms with Gasteiger partial charge in [0.25, 0.3) is 0 Å². The molecule has 1 rings (SSSR count). The minimum atomic E-state index is -0.927. The molecule has 0 spiro atoms. The van der Waals surface area contributed by atoms with E-state index in [9.17, 15) is 9.59 Å². The van der Waals surface area contributed by atoms with Crippen molar-refractivity contribution in [3.05, 3.63) is 0 Å². The number of carboxylic acid groups (broad SMARTS) is 1. The molecule has 6 nitrogen and oxygen atoms in total. The van der Waals surface area contributed by atoms with Crippen molar-refractivity contribution in [2.75, 3.05) is 19.8 Å². The van der Waals surface area contributed by atoms with Gasteiger partial charge in [0.05, 0.1) is 25.3 Å². The average Bonchev–Trinajstić information content (AvgIpc) is 2.78. The molecule has 1 amide bonds. The Balaban J connectivity index is 2.79. The molecular formula is C11H20N2O4. The largest absolute Gasteiger partial charge is 0.481 e. The van der Waals surface area contributed by atoms with Gasteiger partial charge in [0.2, 0.25) is 5.91 Å². The fourth-order valence-electron chi connectivity index (χ4n) is 2.03. The number of hydrogen-bond donors (Lipinski definition) is 2. The SMILES string of the molecule is CC[C@H](N)C(=O)N(CC)C1COCC1C(=O)O. The Hall–Kier alpha value is -1.14. The minimum Gasteiger partial charge on any atom is -0.481 e. The Kier molecular flexibility index (Phi) is 4.89. The van der Waals surface area contributed by atoms with E-state index in [2.05, 4.69) is 0 Å². The van der Waals surface area contributed by atoms with E-state index in [1.807, 2.05) is 13.8 Å². The lowest BCUT2D eigenvalue weighted by atomic mass is 10.0. The first kappa shape index (κ1) is 13.9. The van der Waals surface area contributed by atoms with Gasteiger partial charge < -0.3 is 20.5 Å². The molecule has 0 aromatic carbocycles. The van der Waals surface area contributed by atoms with Crippen LogP contribution in [-0.4, -0.2) is 53.7 Å². The highest BCUT2D eigenvalue weighted by molar-refractivity contribution is 5.83. The number of carboxylic acids is 1. The van der Waals surface area contributed by atoms with Gasteiger partial charge in [-0.25, -0.2) is 0 Å². The number of nitrogens with zero attached hydrogens (tertiary/aromatic N) is 1. The molecule has 0 bridgehead atoms. The summed E-state index contributed by atoms with van der Waals surface area (Å²) in [6.07, 6.45) is 0.542. The summed E-state index contributed by atoms with van der Waals surface area (Å²) in [6.45, 7) is 4.52. The third-order valence-electron chi connectivity index (χ3n) is 3.15. The molecule has 3 N–H and O–H groups in total. The van der Waals surface area contributed by atoms with Gasteiger partial charge >= 0.3 is 5.97 Å². The van der Waals surface area contributed by atoms with Gasteiger partial charge in [-0.05, 0) is 13.3 Å². The second-order valence-electron chi connectivity index (χ2n) is 4.19. The summed E-state index contributed by atoms with van der Waals surface area (Å²) in [5.41, 5.74) is 5.70. The number of hydrogen-bond acceptors (Lipinski definition) is 4. The number of aliphatic carboxylic acids is 1. The fourth-order valence-corrected chi connectivity index (χ4v) is 2.03. The quantitative estimate of drug-likeness (QED) is 0.691. The standard InChI is InChI=1S/C11H20N2O4/c1-3-8(12)10(14)13(4-2)9-6-17-5-7(9)11(15)16/h7-9H,3-6,12H2,1-2H3,(H,15,16)/t7?,8-,9?/m0/s1. The van der Waals surface area contributed by atoms with Crippen molar-refractivity contribution < 1.29 is 19.4 Å². The normalized spacial score (nSPS) is 25.6. The van der Waals surface area contributed by atoms with Crippen molar-refractivity contribution in [2.45, 2.75) is 32.4 Å². The summed E-state index contributed by atoms with van der Waals surface area (Å²) >= 11 is 0. The number of carbonyl (C=O) groups excluding carboxylic acids is 1. The summed E-state index contributed by atoms with van der Waals surface area (Å²) in [5.74, 6) is -1.77. The van der Waals surface area contributed by atoms with Gasteiger partial charge in [-0.1, -0.05) is 6.92 Å². The van der Waals surface area contributed by atoms with Crippen molar-refractivity contribution in [3.63, 3.8) is 0 Å². The highest BCUT2D eigenvalue weighted by Gasteiger charge is 2.40. The number of nitrogens with two attached hydrogens (primary N) is 1. The summed E-state index contributed by atoms with van der Waals surface area (Å²) in [6, 6.07) is -0.965. The zero-order valence-corrected chi connectivity index (χ0v) is 10.3. The molecule has 1 fully saturated rings. The second kappa shape index (κ2) is 5.97. The van der Waals surface area contributed by atoms with Gasteiger partial charge in [0, 0.05) is 6.54 Å². The molecule has 17 heavy (non-hydrogen) atoms. The van der Waals surface area contributed by atoms with Crippen molar-refractivity contribution in [1.29, 1.82) is 0 Å². The lowest BCUT2D eigenvalue weighted by Gasteiger charge is -2.31. The molecule has 0 aromatic rings. The van der Waals surface area contributed by atoms with Gasteiger partial charge in [-0.15, -0.1) is 0 Å². The zero-order valence-electron chi connectivity index (χ0n) is 10.3. The maximum absolute atomic E-state index is 12.0. The molecule has 0 radical (unpaired) electrons. The molecule has 1 saturated heterocycles. The number of ether oxygens (including phenoxy) is 1. The molecule has 0 aliphatic carbocycles. The number of rotatable bonds is 5. The highest BCUT2D eigenvalue weighted by atomic mass is 16.5. The first-order chi connectivity index (χ1) is 8.02. The van der Waals surface area contributed by atoms with Crippen molar-refractivity contribution in [2.24, 2.45) is 11.7 Å². The van der Waals surface area contributed by atoms with Gasteiger partial charge in [-0.3, -0.25) is 9.59 Å². The molecule has 1 aliphatic rings. The van der Waals surface area contributed by atoms with Crippen molar-refractivity contribution >= 4 is 11.9 Å². The first-order valence-corrected chi connectivity index (χ1v) is 5.89. The van der Waals surface area contributed by atoms with Gasteiger partial charge in [0.1, 0.15) is 5.92 Å². The highest BCUT2D eigenvalue weighted by Crippen LogP contribution is 2.20. The van der Waals surface area contributed by atoms with Gasteiger partial charge in [0.15, 0.2) is 0 Å². The maximum Gasteiger partial charge on any atom is 0.311 e. The summed E-state index contributed by atoms with van der Waals surface area (Å²) < 4.78 is 5.16. The molecule has 0 saturated carbocycles. The van der Waals surface area contributed by atoms with Crippen LogP contribution in [0.4, 0.5) is 0 Å². The topological polar surface area (TPSA) is 92.9 Å². The van der Waals surface area contributed by atoms with E-state index in [1.165, 1.54) is 4.90 Å². The Morgan fingerprint density at radius 2 is 2.12 bits per heavy atom. The lowest BCUT2D eigenvalue weighted by Crippen LogP contribution is -2.52. The lowest BCUT2D eigenvalue weighted by molar-refractivity contribution is -0.145. The van der Waals surface area contributed by atoms with E-state index in [1.54, 1.807) is 0 Å². The van der Waals surface area contributed by atoms with Crippen LogP contribution in [0.25, 0.3) is 0 Å². The first-order valence-electron chi connectivity index (χ1n) is 5.89. The molecule has 1 aliphatic heterocycles. The van der Waals surface area contributed by atoms with Crippen LogP contribution >= 0.6 is 0 Å². The predicted octanol–water partition coefficient (Wildman–Crippen LogP) is -0.328. The van der Waals surface area contributed by atoms with E-state index in [0.29, 0.717) is 13.0 Å². The Labute approximate surface area is 101 Å². The predicted molar refractivity (Wildman–Crippen MR) is 61.4 cm³/mol. The second-order valence-corrected chi connectivity index (χ2v) is 4.19. The molecule has 2 unspecified atom stereocenters. The maximum atomic E-state index is 12.0. The smallest absolute Gasteiger partial charge is 0.311 e. The van der Waals surface area contributed by atoms with E-state index in [-0.39, 0.29) is 19.1 Å². The molecule has 1 heterocycles. The van der Waals surface area contributed by atoms with Gasteiger partial charge in [-0.2, -0.15) is 0 Å². The van der Waals surface area contributed by atoms with Crippen LogP contribution in [0.3, 0.4) is 0 Å². The van der Waals surface area contributed by atoms with Crippen LogP contribution < -0.4 is 5.73 Å². The summed E-state index contributed by atoms with van der Waals surface area (Å²) in [5, 5.41) is 9.06. The average molecular weight is 244 g/mol. The summed E-state index contributed by atoms with van der Waals surface area (Å²) in [4.78, 5) is 24.6. The van der Waals surface area contributed by atoms with E-state index in [0.717, 1.165) is 0 Å². The third kappa shape index (κ3) is 2.95. The molecule has 98 valence electrons. The van der Waals surface area contributed by atoms with E-state index < -0.39 is 24.0 Å². The molecule has 0 aromatic heterocycles. The number of carbonyl (C=O) groups is 2. The fraction of sp³-hybridized carbons (Fsp3) is 0.818. The number of amides is 1. The monoisotopic (exact) mass is 244 g/mol. The van der Waals surface area contributed by atoms with Crippen molar-refractivity contribution in [3.8, 4) is 0 Å². The zero-order chi connectivity index (χ0) is 13.0. The Bertz CT molecular complexity index is 295. The molecule has 6 heteroatoms. The van der Waals surface area contributed by atoms with Crippen LogP contribution in [0.1, 0.15) is 20.3 Å². The van der Waals surface area contributed by atoms with Crippen LogP contribution in [0.15, 0.2) is 0 Å². The third-order valence-corrected chi connectivity index (χ3v) is 3.15. The Morgan fingerprint density at radius 1 is 1.47 bits per heavy atom. The summed E-state index contributed by atoms with van der Waals surface area (Å²) in [7, 11) is 0. The Morgan fingerprint density at radius 3 is 2.59 bits per heavy atom. The minimum absolute atomic E-state index is 0.158. The van der Waals surface area contributed by atoms with Crippen LogP contribution in [0, 0.1) is 5.92 Å². The molecular weight excluding hydrogens is 224 g/mol. The van der Waals surface area contributed by atoms with Crippen molar-refractivity contribution in [1.82, 2.24) is 4.90 Å². The van der Waals surface area contributed by atoms with E-state index in [4.69, 9.17) is 15.6 Å². The van der Waals surface area contributed by atoms with E-state index >= 15 is 0 Å². The number of likely N-dealkylation sites (N-methyl/N-ethyl adjacent to an activating group) is 1. The van der Waals surface area contributed by atoms with Crippen LogP contribution in [0.2, 0.25) is 0 Å². The van der Waals surface area contributed by atoms with Crippen LogP contribution in [0.5, 0.6) is 0 Å². The molecule has 3 atom stereocenters.